The van der Waals surface area contributed by atoms with Gasteiger partial charge in [-0.3, -0.25) is 14.7 Å². The Morgan fingerprint density at radius 1 is 1.28 bits per heavy atom. The predicted molar refractivity (Wildman–Crippen MR) is 112 cm³/mol. The molecule has 1 aromatic carbocycles. The van der Waals surface area contributed by atoms with Crippen molar-refractivity contribution in [2.45, 2.75) is 19.9 Å². The number of aromatic nitrogens is 3. The average molecular weight is 396 g/mol. The molecular formula is C21H24N4O4. The van der Waals surface area contributed by atoms with E-state index in [1.165, 1.54) is 13.2 Å². The highest BCUT2D eigenvalue weighted by molar-refractivity contribution is 6.05. The lowest BCUT2D eigenvalue weighted by Gasteiger charge is -2.20. The standard InChI is InChI=1S/C21H24N4O4/c1-12(2)17(11-26)23-21(28)14-8-10-16-19(20(14)29-3)15(24-25-16)9-7-13-5-4-6-18(27)22-13/h4-10,12,17,26H,11H2,1-3H3,(H,22,27)(H,23,28)(H,24,25). The number of fused-ring (bicyclic) bond motifs is 1. The molecule has 1 atom stereocenters. The highest BCUT2D eigenvalue weighted by Crippen LogP contribution is 2.32. The van der Waals surface area contributed by atoms with Crippen molar-refractivity contribution in [2.75, 3.05) is 13.7 Å². The number of benzene rings is 1. The van der Waals surface area contributed by atoms with Crippen molar-refractivity contribution in [1.29, 1.82) is 0 Å². The van der Waals surface area contributed by atoms with Crippen LogP contribution in [0.2, 0.25) is 0 Å². The number of hydrogen-bond donors (Lipinski definition) is 4. The Morgan fingerprint density at radius 2 is 2.07 bits per heavy atom. The normalized spacial score (nSPS) is 12.6. The highest BCUT2D eigenvalue weighted by atomic mass is 16.5. The molecule has 0 aliphatic carbocycles. The van der Waals surface area contributed by atoms with E-state index in [1.807, 2.05) is 13.8 Å². The van der Waals surface area contributed by atoms with Gasteiger partial charge < -0.3 is 20.1 Å². The number of carbonyl (C=O) groups is 1. The van der Waals surface area contributed by atoms with E-state index in [1.54, 1.807) is 36.4 Å². The number of pyridine rings is 1. The molecule has 4 N–H and O–H groups in total. The molecule has 152 valence electrons. The summed E-state index contributed by atoms with van der Waals surface area (Å²) in [4.78, 5) is 27.0. The van der Waals surface area contributed by atoms with Crippen molar-refractivity contribution < 1.29 is 14.6 Å². The molecule has 0 bridgehead atoms. The Bertz CT molecular complexity index is 1100. The third-order valence-electron chi connectivity index (χ3n) is 4.69. The Hall–Kier alpha value is -3.39. The van der Waals surface area contributed by atoms with Crippen LogP contribution in [0.3, 0.4) is 0 Å². The van der Waals surface area contributed by atoms with Gasteiger partial charge in [-0.25, -0.2) is 0 Å². The molecule has 2 aromatic heterocycles. The van der Waals surface area contributed by atoms with E-state index in [0.717, 1.165) is 0 Å². The van der Waals surface area contributed by atoms with Crippen LogP contribution in [-0.4, -0.2) is 46.0 Å². The summed E-state index contributed by atoms with van der Waals surface area (Å²) in [5.74, 6) is 0.134. The van der Waals surface area contributed by atoms with E-state index in [2.05, 4.69) is 20.5 Å². The molecule has 0 fully saturated rings. The molecule has 1 amide bonds. The van der Waals surface area contributed by atoms with Gasteiger partial charge in [-0.2, -0.15) is 5.10 Å². The fraction of sp³-hybridized carbons (Fsp3) is 0.286. The number of aliphatic hydroxyl groups is 1. The van der Waals surface area contributed by atoms with Gasteiger partial charge in [0.1, 0.15) is 5.75 Å². The van der Waals surface area contributed by atoms with E-state index in [4.69, 9.17) is 4.74 Å². The summed E-state index contributed by atoms with van der Waals surface area (Å²) in [5, 5.41) is 20.2. The van der Waals surface area contributed by atoms with Crippen LogP contribution in [0.4, 0.5) is 0 Å². The number of nitrogens with one attached hydrogen (secondary N) is 3. The van der Waals surface area contributed by atoms with Crippen LogP contribution in [0.1, 0.15) is 35.6 Å². The van der Waals surface area contributed by atoms with Gasteiger partial charge in [-0.1, -0.05) is 19.9 Å². The van der Waals surface area contributed by atoms with Gasteiger partial charge in [0, 0.05) is 11.8 Å². The molecule has 29 heavy (non-hydrogen) atoms. The maximum atomic E-state index is 12.8. The smallest absolute Gasteiger partial charge is 0.255 e. The van der Waals surface area contributed by atoms with Gasteiger partial charge in [-0.15, -0.1) is 0 Å². The number of methoxy groups -OCH3 is 1. The van der Waals surface area contributed by atoms with Crippen LogP contribution >= 0.6 is 0 Å². The molecule has 3 aromatic rings. The highest BCUT2D eigenvalue weighted by Gasteiger charge is 2.22. The van der Waals surface area contributed by atoms with E-state index >= 15 is 0 Å². The molecule has 1 unspecified atom stereocenters. The van der Waals surface area contributed by atoms with Gasteiger partial charge in [0.15, 0.2) is 0 Å². The van der Waals surface area contributed by atoms with Crippen LogP contribution in [0.15, 0.2) is 35.1 Å². The third-order valence-corrected chi connectivity index (χ3v) is 4.69. The zero-order valence-electron chi connectivity index (χ0n) is 16.5. The number of hydrogen-bond acceptors (Lipinski definition) is 5. The summed E-state index contributed by atoms with van der Waals surface area (Å²) >= 11 is 0. The Balaban J connectivity index is 2.01. The van der Waals surface area contributed by atoms with Crippen LogP contribution in [-0.2, 0) is 0 Å². The van der Waals surface area contributed by atoms with Crippen LogP contribution in [0.25, 0.3) is 23.1 Å². The molecule has 8 nitrogen and oxygen atoms in total. The predicted octanol–water partition coefficient (Wildman–Crippen LogP) is 2.18. The molecule has 0 spiro atoms. The summed E-state index contributed by atoms with van der Waals surface area (Å²) < 4.78 is 5.55. The summed E-state index contributed by atoms with van der Waals surface area (Å²) in [7, 11) is 1.49. The molecule has 0 aliphatic heterocycles. The molecule has 0 saturated heterocycles. The maximum absolute atomic E-state index is 12.8. The van der Waals surface area contributed by atoms with Crippen LogP contribution in [0.5, 0.6) is 5.75 Å². The summed E-state index contributed by atoms with van der Waals surface area (Å²) in [6, 6.07) is 7.89. The molecule has 0 aliphatic rings. The number of carbonyl (C=O) groups excluding carboxylic acids is 1. The van der Waals surface area contributed by atoms with Gasteiger partial charge in [-0.05, 0) is 36.3 Å². The number of nitrogens with zero attached hydrogens (tertiary/aromatic N) is 1. The second kappa shape index (κ2) is 8.74. The number of amides is 1. The molecule has 0 radical (unpaired) electrons. The first-order chi connectivity index (χ1) is 13.9. The summed E-state index contributed by atoms with van der Waals surface area (Å²) in [6.45, 7) is 3.70. The van der Waals surface area contributed by atoms with E-state index in [9.17, 15) is 14.7 Å². The van der Waals surface area contributed by atoms with Crippen molar-refractivity contribution in [3.8, 4) is 5.75 Å². The lowest BCUT2D eigenvalue weighted by molar-refractivity contribution is 0.0894. The third kappa shape index (κ3) is 4.38. The van der Waals surface area contributed by atoms with Crippen molar-refractivity contribution in [2.24, 2.45) is 5.92 Å². The van der Waals surface area contributed by atoms with Crippen molar-refractivity contribution in [3.63, 3.8) is 0 Å². The fourth-order valence-corrected chi connectivity index (χ4v) is 3.02. The van der Waals surface area contributed by atoms with Crippen molar-refractivity contribution in [3.05, 3.63) is 57.6 Å². The first kappa shape index (κ1) is 20.3. The van der Waals surface area contributed by atoms with Gasteiger partial charge >= 0.3 is 0 Å². The summed E-state index contributed by atoms with van der Waals surface area (Å²) in [5.41, 5.74) is 2.07. The SMILES string of the molecule is COc1c(C(=O)NC(CO)C(C)C)ccc2n[nH]c(C=Cc3cccc(=O)[nH]3)c12. The largest absolute Gasteiger partial charge is 0.495 e. The topological polar surface area (TPSA) is 120 Å². The van der Waals surface area contributed by atoms with Crippen molar-refractivity contribution in [1.82, 2.24) is 20.5 Å². The lowest BCUT2D eigenvalue weighted by atomic mass is 10.0. The quantitative estimate of drug-likeness (QED) is 0.488. The van der Waals surface area contributed by atoms with E-state index < -0.39 is 0 Å². The molecule has 0 saturated carbocycles. The number of aliphatic hydroxyl groups excluding tert-OH is 1. The van der Waals surface area contributed by atoms with E-state index in [-0.39, 0.29) is 30.0 Å². The molecule has 8 heteroatoms. The average Bonchev–Trinajstić information content (AvgIpc) is 3.12. The van der Waals surface area contributed by atoms with Crippen LogP contribution in [0, 0.1) is 5.92 Å². The second-order valence-electron chi connectivity index (χ2n) is 6.99. The maximum Gasteiger partial charge on any atom is 0.255 e. The molecular weight excluding hydrogens is 372 g/mol. The minimum absolute atomic E-state index is 0.0825. The van der Waals surface area contributed by atoms with Crippen LogP contribution < -0.4 is 15.6 Å². The van der Waals surface area contributed by atoms with Gasteiger partial charge in [0.25, 0.3) is 5.91 Å². The zero-order valence-corrected chi connectivity index (χ0v) is 16.5. The second-order valence-corrected chi connectivity index (χ2v) is 6.99. The Labute approximate surface area is 167 Å². The van der Waals surface area contributed by atoms with Gasteiger partial charge in [0.05, 0.1) is 41.9 Å². The zero-order chi connectivity index (χ0) is 21.0. The number of aromatic amines is 2. The minimum atomic E-state index is -0.360. The van der Waals surface area contributed by atoms with E-state index in [0.29, 0.717) is 33.6 Å². The first-order valence-corrected chi connectivity index (χ1v) is 9.28. The first-order valence-electron chi connectivity index (χ1n) is 9.28. The number of H-pyrrole nitrogens is 2. The number of ether oxygens (including phenoxy) is 1. The lowest BCUT2D eigenvalue weighted by Crippen LogP contribution is -2.41. The fourth-order valence-electron chi connectivity index (χ4n) is 3.02. The summed E-state index contributed by atoms with van der Waals surface area (Å²) in [6.07, 6.45) is 3.50. The minimum Gasteiger partial charge on any atom is -0.495 e. The Morgan fingerprint density at radius 3 is 2.72 bits per heavy atom. The van der Waals surface area contributed by atoms with Gasteiger partial charge in [0.2, 0.25) is 5.56 Å². The molecule has 3 rings (SSSR count). The Kier molecular flexibility index (Phi) is 6.13. The van der Waals surface area contributed by atoms with Crippen molar-refractivity contribution >= 4 is 29.0 Å². The monoisotopic (exact) mass is 396 g/mol. The number of rotatable bonds is 7. The molecule has 2 heterocycles.